The van der Waals surface area contributed by atoms with E-state index in [0.29, 0.717) is 0 Å². The average Bonchev–Trinajstić information content (AvgIpc) is 3.15. The molecule has 1 aliphatic heterocycles. The molecule has 25 heavy (non-hydrogen) atoms. The van der Waals surface area contributed by atoms with Crippen molar-refractivity contribution in [3.63, 3.8) is 0 Å². The summed E-state index contributed by atoms with van der Waals surface area (Å²) in [4.78, 5) is 16.3. The molecule has 1 aromatic heterocycles. The van der Waals surface area contributed by atoms with Crippen LogP contribution < -0.4 is 14.8 Å². The highest BCUT2D eigenvalue weighted by atomic mass is 16.7. The minimum Gasteiger partial charge on any atom is -0.454 e. The zero-order chi connectivity index (χ0) is 17.0. The van der Waals surface area contributed by atoms with Crippen molar-refractivity contribution in [1.29, 1.82) is 0 Å². The summed E-state index contributed by atoms with van der Waals surface area (Å²) in [6.45, 7) is 2.28. The van der Waals surface area contributed by atoms with Crippen LogP contribution in [0, 0.1) is 6.92 Å². The summed E-state index contributed by atoms with van der Waals surface area (Å²) in [7, 11) is 0. The van der Waals surface area contributed by atoms with Gasteiger partial charge in [-0.2, -0.15) is 0 Å². The fraction of sp³-hybridized carbons (Fsp3) is 0.250. The quantitative estimate of drug-likeness (QED) is 0.764. The second kappa shape index (κ2) is 5.02. The molecule has 2 N–H and O–H groups in total. The summed E-state index contributed by atoms with van der Waals surface area (Å²) in [6, 6.07) is 11.7. The van der Waals surface area contributed by atoms with Gasteiger partial charge >= 0.3 is 0 Å². The molecular weight excluding hydrogens is 316 g/mol. The molecule has 2 aromatic carbocycles. The lowest BCUT2D eigenvalue weighted by molar-refractivity contribution is -0.118. The van der Waals surface area contributed by atoms with Gasteiger partial charge in [0.05, 0.1) is 11.1 Å². The molecule has 1 amide bonds. The highest BCUT2D eigenvalue weighted by Crippen LogP contribution is 2.51. The molecule has 0 bridgehead atoms. The number of aromatic nitrogens is 1. The number of carbonyl (C=O) groups excluding carboxylic acids is 1. The number of fused-ring (bicyclic) bond motifs is 2. The van der Waals surface area contributed by atoms with E-state index in [1.54, 1.807) is 0 Å². The number of ether oxygens (including phenoxy) is 2. The zero-order valence-electron chi connectivity index (χ0n) is 13.9. The molecule has 126 valence electrons. The number of aromatic amines is 1. The van der Waals surface area contributed by atoms with Crippen LogP contribution in [0.25, 0.3) is 10.9 Å². The van der Waals surface area contributed by atoms with Crippen molar-refractivity contribution >= 4 is 22.5 Å². The first kappa shape index (κ1) is 14.4. The Morgan fingerprint density at radius 3 is 2.84 bits per heavy atom. The predicted molar refractivity (Wildman–Crippen MR) is 95.1 cm³/mol. The molecule has 1 fully saturated rings. The number of rotatable bonds is 3. The summed E-state index contributed by atoms with van der Waals surface area (Å²) in [5.74, 6) is 1.51. The minimum absolute atomic E-state index is 0.0412. The average molecular weight is 334 g/mol. The maximum absolute atomic E-state index is 13.1. The molecule has 0 atom stereocenters. The van der Waals surface area contributed by atoms with Crippen molar-refractivity contribution < 1.29 is 14.3 Å². The van der Waals surface area contributed by atoms with E-state index in [9.17, 15) is 4.79 Å². The van der Waals surface area contributed by atoms with E-state index in [4.69, 9.17) is 9.47 Å². The minimum atomic E-state index is -0.465. The molecule has 1 saturated carbocycles. The monoisotopic (exact) mass is 334 g/mol. The molecule has 5 heteroatoms. The van der Waals surface area contributed by atoms with Crippen LogP contribution in [0.15, 0.2) is 42.6 Å². The maximum Gasteiger partial charge on any atom is 0.235 e. The standard InChI is InChI=1S/C20H18N2O3/c1-12-10-21-14-3-2-4-15(18(12)14)22-19(23)20(7-8-20)13-5-6-16-17(9-13)25-11-24-16/h2-6,9-10,21H,7-8,11H2,1H3,(H,22,23). The van der Waals surface area contributed by atoms with Crippen LogP contribution in [-0.2, 0) is 10.2 Å². The molecular formula is C20H18N2O3. The van der Waals surface area contributed by atoms with Crippen molar-refractivity contribution in [2.45, 2.75) is 25.2 Å². The van der Waals surface area contributed by atoms with Gasteiger partial charge in [0, 0.05) is 17.1 Å². The Balaban J connectivity index is 1.48. The van der Waals surface area contributed by atoms with Gasteiger partial charge in [0.1, 0.15) is 0 Å². The fourth-order valence-electron chi connectivity index (χ4n) is 3.67. The normalized spacial score (nSPS) is 16.8. The molecule has 2 aliphatic rings. The summed E-state index contributed by atoms with van der Waals surface area (Å²) >= 11 is 0. The molecule has 3 aromatic rings. The lowest BCUT2D eigenvalue weighted by atomic mass is 9.94. The molecule has 5 nitrogen and oxygen atoms in total. The first-order chi connectivity index (χ1) is 12.2. The summed E-state index contributed by atoms with van der Waals surface area (Å²) < 4.78 is 10.8. The second-order valence-corrected chi connectivity index (χ2v) is 6.80. The number of benzene rings is 2. The first-order valence-electron chi connectivity index (χ1n) is 8.46. The largest absolute Gasteiger partial charge is 0.454 e. The van der Waals surface area contributed by atoms with E-state index in [-0.39, 0.29) is 12.7 Å². The summed E-state index contributed by atoms with van der Waals surface area (Å²) in [5.41, 5.74) is 3.54. The zero-order valence-corrected chi connectivity index (χ0v) is 13.9. The van der Waals surface area contributed by atoms with Gasteiger partial charge in [-0.1, -0.05) is 12.1 Å². The van der Waals surface area contributed by atoms with E-state index in [0.717, 1.165) is 52.1 Å². The third-order valence-corrected chi connectivity index (χ3v) is 5.26. The Morgan fingerprint density at radius 1 is 1.16 bits per heavy atom. The van der Waals surface area contributed by atoms with Gasteiger partial charge in [0.25, 0.3) is 0 Å². The molecule has 1 aliphatic carbocycles. The van der Waals surface area contributed by atoms with Gasteiger partial charge in [-0.05, 0) is 55.2 Å². The van der Waals surface area contributed by atoms with E-state index < -0.39 is 5.41 Å². The predicted octanol–water partition coefficient (Wildman–Crippen LogP) is 3.88. The Labute approximate surface area is 144 Å². The van der Waals surface area contributed by atoms with Crippen molar-refractivity contribution in [3.05, 3.63) is 53.7 Å². The van der Waals surface area contributed by atoms with Crippen LogP contribution in [-0.4, -0.2) is 17.7 Å². The van der Waals surface area contributed by atoms with Crippen molar-refractivity contribution in [1.82, 2.24) is 4.98 Å². The third-order valence-electron chi connectivity index (χ3n) is 5.26. The van der Waals surface area contributed by atoms with E-state index in [1.165, 1.54) is 0 Å². The van der Waals surface area contributed by atoms with Crippen molar-refractivity contribution in [2.75, 3.05) is 12.1 Å². The third kappa shape index (κ3) is 2.12. The number of nitrogens with one attached hydrogen (secondary N) is 2. The van der Waals surface area contributed by atoms with Crippen LogP contribution in [0.1, 0.15) is 24.0 Å². The molecule has 0 radical (unpaired) electrons. The molecule has 5 rings (SSSR count). The number of aryl methyl sites for hydroxylation is 1. The van der Waals surface area contributed by atoms with Gasteiger partial charge in [0.2, 0.25) is 12.7 Å². The fourth-order valence-corrected chi connectivity index (χ4v) is 3.67. The van der Waals surface area contributed by atoms with Crippen LogP contribution in [0.4, 0.5) is 5.69 Å². The number of hydrogen-bond acceptors (Lipinski definition) is 3. The number of carbonyl (C=O) groups is 1. The number of H-pyrrole nitrogens is 1. The van der Waals surface area contributed by atoms with E-state index >= 15 is 0 Å². The lowest BCUT2D eigenvalue weighted by Crippen LogP contribution is -2.27. The summed E-state index contributed by atoms with van der Waals surface area (Å²) in [5, 5.41) is 4.22. The van der Waals surface area contributed by atoms with E-state index in [1.807, 2.05) is 49.5 Å². The van der Waals surface area contributed by atoms with Gasteiger partial charge in [-0.3, -0.25) is 4.79 Å². The SMILES string of the molecule is Cc1c[nH]c2cccc(NC(=O)C3(c4ccc5c(c4)OCO5)CC3)c12. The van der Waals surface area contributed by atoms with Crippen LogP contribution >= 0.6 is 0 Å². The maximum atomic E-state index is 13.1. The highest BCUT2D eigenvalue weighted by molar-refractivity contribution is 6.07. The van der Waals surface area contributed by atoms with Crippen LogP contribution in [0.3, 0.4) is 0 Å². The Kier molecular flexibility index (Phi) is 2.89. The second-order valence-electron chi connectivity index (χ2n) is 6.80. The topological polar surface area (TPSA) is 63.4 Å². The molecule has 0 unspecified atom stereocenters. The Bertz CT molecular complexity index is 1000. The van der Waals surface area contributed by atoms with Crippen LogP contribution in [0.5, 0.6) is 11.5 Å². The van der Waals surface area contributed by atoms with Crippen LogP contribution in [0.2, 0.25) is 0 Å². The Morgan fingerprint density at radius 2 is 2.00 bits per heavy atom. The molecule has 0 saturated heterocycles. The number of hydrogen-bond donors (Lipinski definition) is 2. The number of anilines is 1. The van der Waals surface area contributed by atoms with E-state index in [2.05, 4.69) is 10.3 Å². The van der Waals surface area contributed by atoms with Crippen molar-refractivity contribution in [2.24, 2.45) is 0 Å². The number of amides is 1. The molecule has 0 spiro atoms. The first-order valence-corrected chi connectivity index (χ1v) is 8.46. The highest BCUT2D eigenvalue weighted by Gasteiger charge is 2.51. The lowest BCUT2D eigenvalue weighted by Gasteiger charge is -2.17. The van der Waals surface area contributed by atoms with Gasteiger partial charge in [-0.25, -0.2) is 0 Å². The molecule has 2 heterocycles. The van der Waals surface area contributed by atoms with Gasteiger partial charge in [0.15, 0.2) is 11.5 Å². The summed E-state index contributed by atoms with van der Waals surface area (Å²) in [6.07, 6.45) is 3.66. The smallest absolute Gasteiger partial charge is 0.235 e. The Hall–Kier alpha value is -2.95. The van der Waals surface area contributed by atoms with Gasteiger partial charge < -0.3 is 19.8 Å². The van der Waals surface area contributed by atoms with Gasteiger partial charge in [-0.15, -0.1) is 0 Å². The van der Waals surface area contributed by atoms with Crippen molar-refractivity contribution in [3.8, 4) is 11.5 Å².